The van der Waals surface area contributed by atoms with Crippen molar-refractivity contribution in [3.05, 3.63) is 0 Å². The second kappa shape index (κ2) is 6.16. The van der Waals surface area contributed by atoms with E-state index in [9.17, 15) is 0 Å². The third-order valence-corrected chi connectivity index (χ3v) is 6.49. The van der Waals surface area contributed by atoms with Gasteiger partial charge in [0.25, 0.3) is 0 Å². The van der Waals surface area contributed by atoms with Gasteiger partial charge in [-0.05, 0) is 73.5 Å². The van der Waals surface area contributed by atoms with Crippen molar-refractivity contribution in [3.8, 4) is 0 Å². The maximum atomic E-state index is 6.20. The van der Waals surface area contributed by atoms with Crippen LogP contribution in [0.15, 0.2) is 0 Å². The van der Waals surface area contributed by atoms with Gasteiger partial charge in [-0.15, -0.1) is 0 Å². The molecule has 0 bridgehead atoms. The minimum Gasteiger partial charge on any atom is -0.327 e. The summed E-state index contributed by atoms with van der Waals surface area (Å²) in [5, 5.41) is 0. The van der Waals surface area contributed by atoms with E-state index in [4.69, 9.17) is 5.73 Å². The predicted molar refractivity (Wildman–Crippen MR) is 83.9 cm³/mol. The van der Waals surface area contributed by atoms with E-state index in [1.54, 1.807) is 0 Å². The fourth-order valence-electron chi connectivity index (χ4n) is 5.15. The van der Waals surface area contributed by atoms with Crippen molar-refractivity contribution >= 4 is 0 Å². The van der Waals surface area contributed by atoms with E-state index in [1.165, 1.54) is 32.1 Å². The summed E-state index contributed by atoms with van der Waals surface area (Å²) in [5.41, 5.74) is 6.20. The first kappa shape index (κ1) is 15.4. The number of rotatable bonds is 2. The largest absolute Gasteiger partial charge is 0.327 e. The number of nitrogens with two attached hydrogens (primary N) is 1. The Morgan fingerprint density at radius 3 is 2.11 bits per heavy atom. The van der Waals surface area contributed by atoms with Crippen LogP contribution in [0.1, 0.15) is 66.7 Å². The Morgan fingerprint density at radius 2 is 1.53 bits per heavy atom. The molecule has 7 unspecified atom stereocenters. The summed E-state index contributed by atoms with van der Waals surface area (Å²) in [7, 11) is 0. The van der Waals surface area contributed by atoms with E-state index in [0.29, 0.717) is 6.04 Å². The second-order valence-corrected chi connectivity index (χ2v) is 8.21. The molecule has 0 amide bonds. The van der Waals surface area contributed by atoms with Crippen LogP contribution in [-0.2, 0) is 0 Å². The van der Waals surface area contributed by atoms with Gasteiger partial charge in [-0.25, -0.2) is 0 Å². The highest BCUT2D eigenvalue weighted by Crippen LogP contribution is 2.47. The third kappa shape index (κ3) is 3.35. The molecular formula is C18H35N. The molecule has 0 spiro atoms. The maximum Gasteiger partial charge on any atom is 0.00647 e. The molecule has 0 aliphatic heterocycles. The molecular weight excluding hydrogens is 230 g/mol. The lowest BCUT2D eigenvalue weighted by atomic mass is 9.59. The minimum atomic E-state index is 0.468. The number of hydrogen-bond acceptors (Lipinski definition) is 1. The molecule has 0 aromatic rings. The van der Waals surface area contributed by atoms with Gasteiger partial charge in [0.2, 0.25) is 0 Å². The molecule has 0 aromatic heterocycles. The zero-order valence-electron chi connectivity index (χ0n) is 13.7. The highest BCUT2D eigenvalue weighted by atomic mass is 14.7. The van der Waals surface area contributed by atoms with E-state index >= 15 is 0 Å². The zero-order chi connectivity index (χ0) is 14.2. The summed E-state index contributed by atoms with van der Waals surface area (Å²) in [4.78, 5) is 0. The molecule has 0 saturated heterocycles. The summed E-state index contributed by atoms with van der Waals surface area (Å²) in [6.07, 6.45) is 6.96. The van der Waals surface area contributed by atoms with Gasteiger partial charge in [-0.3, -0.25) is 0 Å². The summed E-state index contributed by atoms with van der Waals surface area (Å²) in [5.74, 6) is 6.33. The van der Waals surface area contributed by atoms with Crippen molar-refractivity contribution in [2.24, 2.45) is 47.2 Å². The summed E-state index contributed by atoms with van der Waals surface area (Å²) < 4.78 is 0. The summed E-state index contributed by atoms with van der Waals surface area (Å²) >= 11 is 0. The summed E-state index contributed by atoms with van der Waals surface area (Å²) in [6.45, 7) is 12.2. The molecule has 7 atom stereocenters. The topological polar surface area (TPSA) is 26.0 Å². The van der Waals surface area contributed by atoms with Crippen molar-refractivity contribution in [2.75, 3.05) is 0 Å². The standard InChI is InChI=1S/C18H35N/c1-11(2)16-10-17(13(4)8-12(16)3)15-6-7-18(19)14(5)9-15/h11-18H,6-10,19H2,1-5H3. The van der Waals surface area contributed by atoms with Crippen molar-refractivity contribution in [1.82, 2.24) is 0 Å². The van der Waals surface area contributed by atoms with Crippen LogP contribution in [0.25, 0.3) is 0 Å². The van der Waals surface area contributed by atoms with Crippen LogP contribution >= 0.6 is 0 Å². The average Bonchev–Trinajstić information content (AvgIpc) is 2.32. The monoisotopic (exact) mass is 265 g/mol. The van der Waals surface area contributed by atoms with Gasteiger partial charge < -0.3 is 5.73 Å². The van der Waals surface area contributed by atoms with Gasteiger partial charge in [0.1, 0.15) is 0 Å². The minimum absolute atomic E-state index is 0.468. The van der Waals surface area contributed by atoms with Gasteiger partial charge >= 0.3 is 0 Å². The fraction of sp³-hybridized carbons (Fsp3) is 1.00. The summed E-state index contributed by atoms with van der Waals surface area (Å²) in [6, 6.07) is 0.468. The normalized spacial score (nSPS) is 48.5. The van der Waals surface area contributed by atoms with Crippen LogP contribution in [0.5, 0.6) is 0 Å². The Labute approximate surface area is 120 Å². The Balaban J connectivity index is 2.02. The highest BCUT2D eigenvalue weighted by Gasteiger charge is 2.39. The van der Waals surface area contributed by atoms with Gasteiger partial charge in [-0.1, -0.05) is 34.6 Å². The lowest BCUT2D eigenvalue weighted by Gasteiger charge is -2.46. The van der Waals surface area contributed by atoms with E-state index in [-0.39, 0.29) is 0 Å². The van der Waals surface area contributed by atoms with E-state index < -0.39 is 0 Å². The van der Waals surface area contributed by atoms with Crippen LogP contribution in [0, 0.1) is 41.4 Å². The maximum absolute atomic E-state index is 6.20. The Hall–Kier alpha value is -0.0400. The smallest absolute Gasteiger partial charge is 0.00647 e. The Kier molecular flexibility index (Phi) is 4.98. The molecule has 2 fully saturated rings. The van der Waals surface area contributed by atoms with Crippen molar-refractivity contribution in [1.29, 1.82) is 0 Å². The molecule has 2 aliphatic rings. The van der Waals surface area contributed by atoms with E-state index in [1.807, 2.05) is 0 Å². The molecule has 0 radical (unpaired) electrons. The van der Waals surface area contributed by atoms with Crippen LogP contribution in [0.2, 0.25) is 0 Å². The Bertz CT molecular complexity index is 285. The predicted octanol–water partition coefficient (Wildman–Crippen LogP) is 4.70. The first-order valence-corrected chi connectivity index (χ1v) is 8.65. The molecule has 112 valence electrons. The van der Waals surface area contributed by atoms with Crippen LogP contribution < -0.4 is 5.73 Å². The quantitative estimate of drug-likeness (QED) is 0.769. The van der Waals surface area contributed by atoms with E-state index in [0.717, 1.165) is 41.4 Å². The SMILES string of the molecule is CC(C)C1CC(C2CCC(N)C(C)C2)C(C)CC1C. The molecule has 0 aromatic carbocycles. The van der Waals surface area contributed by atoms with Crippen molar-refractivity contribution in [2.45, 2.75) is 72.8 Å². The first-order chi connectivity index (χ1) is 8.90. The van der Waals surface area contributed by atoms with Gasteiger partial charge in [0.15, 0.2) is 0 Å². The number of hydrogen-bond donors (Lipinski definition) is 1. The fourth-order valence-corrected chi connectivity index (χ4v) is 5.15. The second-order valence-electron chi connectivity index (χ2n) is 8.21. The zero-order valence-corrected chi connectivity index (χ0v) is 13.7. The lowest BCUT2D eigenvalue weighted by Crippen LogP contribution is -2.41. The third-order valence-electron chi connectivity index (χ3n) is 6.49. The van der Waals surface area contributed by atoms with Crippen molar-refractivity contribution in [3.63, 3.8) is 0 Å². The highest BCUT2D eigenvalue weighted by molar-refractivity contribution is 4.90. The van der Waals surface area contributed by atoms with Crippen molar-refractivity contribution < 1.29 is 0 Å². The van der Waals surface area contributed by atoms with Crippen LogP contribution in [0.3, 0.4) is 0 Å². The van der Waals surface area contributed by atoms with Gasteiger partial charge in [-0.2, -0.15) is 0 Å². The van der Waals surface area contributed by atoms with E-state index in [2.05, 4.69) is 34.6 Å². The van der Waals surface area contributed by atoms with Gasteiger partial charge in [0, 0.05) is 6.04 Å². The first-order valence-electron chi connectivity index (χ1n) is 8.65. The lowest BCUT2D eigenvalue weighted by molar-refractivity contribution is 0.0396. The molecule has 0 heterocycles. The molecule has 2 N–H and O–H groups in total. The molecule has 2 aliphatic carbocycles. The van der Waals surface area contributed by atoms with Gasteiger partial charge in [0.05, 0.1) is 0 Å². The molecule has 1 nitrogen and oxygen atoms in total. The Morgan fingerprint density at radius 1 is 0.842 bits per heavy atom. The van der Waals surface area contributed by atoms with Crippen LogP contribution in [0.4, 0.5) is 0 Å². The molecule has 2 rings (SSSR count). The average molecular weight is 265 g/mol. The molecule has 1 heteroatoms. The van der Waals surface area contributed by atoms with Crippen LogP contribution in [-0.4, -0.2) is 6.04 Å². The molecule has 19 heavy (non-hydrogen) atoms. The molecule has 2 saturated carbocycles.